The number of carbonyl (C=O) groups is 2. The summed E-state index contributed by atoms with van der Waals surface area (Å²) in [7, 11) is 1.68. The minimum absolute atomic E-state index is 0.0298. The average molecular weight is 307 g/mol. The largest absolute Gasteiger partial charge is 0.341 e. The Morgan fingerprint density at radius 2 is 1.86 bits per heavy atom. The van der Waals surface area contributed by atoms with Crippen LogP contribution in [0.2, 0.25) is 0 Å². The van der Waals surface area contributed by atoms with Crippen LogP contribution >= 0.6 is 0 Å². The van der Waals surface area contributed by atoms with Crippen LogP contribution in [0.25, 0.3) is 0 Å². The zero-order chi connectivity index (χ0) is 15.9. The highest BCUT2D eigenvalue weighted by molar-refractivity contribution is 5.84. The Labute approximate surface area is 130 Å². The molecule has 1 aliphatic rings. The van der Waals surface area contributed by atoms with E-state index in [-0.39, 0.29) is 24.3 Å². The molecule has 1 aromatic rings. The van der Waals surface area contributed by atoms with Gasteiger partial charge in [-0.1, -0.05) is 12.1 Å². The van der Waals surface area contributed by atoms with Crippen LogP contribution < -0.4 is 5.32 Å². The van der Waals surface area contributed by atoms with Crippen LogP contribution in [0.5, 0.6) is 0 Å². The molecule has 1 aromatic carbocycles. The Bertz CT molecular complexity index is 513. The summed E-state index contributed by atoms with van der Waals surface area (Å²) in [5, 5.41) is 2.64. The molecular weight excluding hydrogens is 285 g/mol. The quantitative estimate of drug-likeness (QED) is 0.899. The maximum Gasteiger partial charge on any atom is 0.317 e. The van der Waals surface area contributed by atoms with Gasteiger partial charge < -0.3 is 15.1 Å². The van der Waals surface area contributed by atoms with Crippen molar-refractivity contribution < 1.29 is 14.0 Å². The second kappa shape index (κ2) is 7.77. The highest BCUT2D eigenvalue weighted by atomic mass is 19.1. The first kappa shape index (κ1) is 16.3. The molecule has 0 saturated carbocycles. The second-order valence-corrected chi connectivity index (χ2v) is 5.54. The minimum Gasteiger partial charge on any atom is -0.341 e. The molecule has 1 fully saturated rings. The summed E-state index contributed by atoms with van der Waals surface area (Å²) in [5.41, 5.74) is 0.967. The summed E-state index contributed by atoms with van der Waals surface area (Å²) in [6, 6.07) is 5.96. The van der Waals surface area contributed by atoms with Gasteiger partial charge in [-0.05, 0) is 37.0 Å². The lowest BCUT2D eigenvalue weighted by Crippen LogP contribution is -2.44. The molecule has 22 heavy (non-hydrogen) atoms. The van der Waals surface area contributed by atoms with Gasteiger partial charge in [0, 0.05) is 26.7 Å². The Kier molecular flexibility index (Phi) is 5.75. The number of likely N-dealkylation sites (N-methyl/N-ethyl adjacent to an activating group) is 1. The fourth-order valence-electron chi connectivity index (χ4n) is 2.41. The predicted octanol–water partition coefficient (Wildman–Crippen LogP) is 1.63. The molecule has 0 bridgehead atoms. The number of urea groups is 1. The molecule has 3 amide bonds. The third-order valence-electron chi connectivity index (χ3n) is 3.85. The van der Waals surface area contributed by atoms with Crippen LogP contribution in [0, 0.1) is 5.82 Å². The van der Waals surface area contributed by atoms with E-state index in [1.807, 2.05) is 0 Å². The maximum atomic E-state index is 12.8. The molecule has 2 rings (SSSR count). The normalized spacial score (nSPS) is 14.0. The van der Waals surface area contributed by atoms with Gasteiger partial charge in [-0.2, -0.15) is 0 Å². The van der Waals surface area contributed by atoms with E-state index in [1.54, 1.807) is 24.1 Å². The monoisotopic (exact) mass is 307 g/mol. The smallest absolute Gasteiger partial charge is 0.317 e. The van der Waals surface area contributed by atoms with Crippen molar-refractivity contribution in [3.8, 4) is 0 Å². The molecule has 0 unspecified atom stereocenters. The summed E-state index contributed by atoms with van der Waals surface area (Å²) in [6.45, 7) is 2.12. The number of amides is 3. The van der Waals surface area contributed by atoms with E-state index < -0.39 is 0 Å². The second-order valence-electron chi connectivity index (χ2n) is 5.54. The van der Waals surface area contributed by atoms with E-state index >= 15 is 0 Å². The molecule has 1 heterocycles. The number of hydrogen-bond donors (Lipinski definition) is 1. The molecule has 5 nitrogen and oxygen atoms in total. The van der Waals surface area contributed by atoms with Crippen molar-refractivity contribution in [1.82, 2.24) is 15.1 Å². The van der Waals surface area contributed by atoms with Crippen molar-refractivity contribution in [2.45, 2.75) is 19.3 Å². The minimum atomic E-state index is -0.269. The van der Waals surface area contributed by atoms with Crippen molar-refractivity contribution in [2.75, 3.05) is 33.2 Å². The summed E-state index contributed by atoms with van der Waals surface area (Å²) < 4.78 is 12.8. The highest BCUT2D eigenvalue weighted by Crippen LogP contribution is 2.07. The molecule has 0 aromatic heterocycles. The molecule has 1 saturated heterocycles. The topological polar surface area (TPSA) is 52.7 Å². The van der Waals surface area contributed by atoms with Crippen LogP contribution in [0.3, 0.4) is 0 Å². The zero-order valence-corrected chi connectivity index (χ0v) is 12.8. The lowest BCUT2D eigenvalue weighted by atomic mass is 10.1. The average Bonchev–Trinajstić information content (AvgIpc) is 3.06. The SMILES string of the molecule is CN(CCc1ccc(F)cc1)C(=O)NCC(=O)N1CCCC1. The van der Waals surface area contributed by atoms with E-state index in [9.17, 15) is 14.0 Å². The van der Waals surface area contributed by atoms with Crippen molar-refractivity contribution in [1.29, 1.82) is 0 Å². The number of nitrogens with one attached hydrogen (secondary N) is 1. The fraction of sp³-hybridized carbons (Fsp3) is 0.500. The number of likely N-dealkylation sites (tertiary alicyclic amines) is 1. The number of halogens is 1. The summed E-state index contributed by atoms with van der Waals surface area (Å²) in [6.07, 6.45) is 2.72. The van der Waals surface area contributed by atoms with E-state index in [2.05, 4.69) is 5.32 Å². The van der Waals surface area contributed by atoms with Crippen LogP contribution in [-0.4, -0.2) is 55.0 Å². The van der Waals surface area contributed by atoms with E-state index in [4.69, 9.17) is 0 Å². The molecule has 120 valence electrons. The molecule has 0 spiro atoms. The number of nitrogens with zero attached hydrogens (tertiary/aromatic N) is 2. The number of benzene rings is 1. The van der Waals surface area contributed by atoms with Crippen molar-refractivity contribution in [3.63, 3.8) is 0 Å². The van der Waals surface area contributed by atoms with Crippen LogP contribution in [-0.2, 0) is 11.2 Å². The fourth-order valence-corrected chi connectivity index (χ4v) is 2.41. The molecular formula is C16H22FN3O2. The third kappa shape index (κ3) is 4.72. The molecule has 6 heteroatoms. The van der Waals surface area contributed by atoms with Gasteiger partial charge in [0.25, 0.3) is 0 Å². The lowest BCUT2D eigenvalue weighted by molar-refractivity contribution is -0.129. The van der Waals surface area contributed by atoms with Crippen molar-refractivity contribution in [2.24, 2.45) is 0 Å². The van der Waals surface area contributed by atoms with Gasteiger partial charge in [-0.25, -0.2) is 9.18 Å². The van der Waals surface area contributed by atoms with Gasteiger partial charge in [0.15, 0.2) is 0 Å². The van der Waals surface area contributed by atoms with Gasteiger partial charge in [0.2, 0.25) is 5.91 Å². The summed E-state index contributed by atoms with van der Waals surface area (Å²) >= 11 is 0. The first-order chi connectivity index (χ1) is 10.6. The van der Waals surface area contributed by atoms with E-state index in [0.717, 1.165) is 31.5 Å². The van der Waals surface area contributed by atoms with Crippen LogP contribution in [0.15, 0.2) is 24.3 Å². The maximum absolute atomic E-state index is 12.8. The molecule has 0 atom stereocenters. The van der Waals surface area contributed by atoms with Gasteiger partial charge >= 0.3 is 6.03 Å². The Balaban J connectivity index is 1.70. The molecule has 1 N–H and O–H groups in total. The molecule has 1 aliphatic heterocycles. The van der Waals surface area contributed by atoms with Crippen LogP contribution in [0.4, 0.5) is 9.18 Å². The zero-order valence-electron chi connectivity index (χ0n) is 12.8. The van der Waals surface area contributed by atoms with Gasteiger partial charge in [0.05, 0.1) is 6.54 Å². The van der Waals surface area contributed by atoms with Gasteiger partial charge in [-0.3, -0.25) is 4.79 Å². The van der Waals surface area contributed by atoms with Crippen molar-refractivity contribution >= 4 is 11.9 Å². The lowest BCUT2D eigenvalue weighted by Gasteiger charge is -2.20. The Morgan fingerprint density at radius 3 is 2.50 bits per heavy atom. The first-order valence-electron chi connectivity index (χ1n) is 7.57. The van der Waals surface area contributed by atoms with Gasteiger partial charge in [0.1, 0.15) is 5.82 Å². The number of rotatable bonds is 5. The summed E-state index contributed by atoms with van der Waals surface area (Å²) in [5.74, 6) is -0.298. The molecule has 0 radical (unpaired) electrons. The standard InChI is InChI=1S/C16H22FN3O2/c1-19(11-8-13-4-6-14(17)7-5-13)16(22)18-12-15(21)20-9-2-3-10-20/h4-7H,2-3,8-12H2,1H3,(H,18,22). The van der Waals surface area contributed by atoms with Crippen molar-refractivity contribution in [3.05, 3.63) is 35.6 Å². The van der Waals surface area contributed by atoms with E-state index in [0.29, 0.717) is 13.0 Å². The summed E-state index contributed by atoms with van der Waals surface area (Å²) in [4.78, 5) is 27.1. The van der Waals surface area contributed by atoms with E-state index in [1.165, 1.54) is 17.0 Å². The number of hydrogen-bond acceptors (Lipinski definition) is 2. The third-order valence-corrected chi connectivity index (χ3v) is 3.85. The Hall–Kier alpha value is -2.11. The predicted molar refractivity (Wildman–Crippen MR) is 81.9 cm³/mol. The Morgan fingerprint density at radius 1 is 1.23 bits per heavy atom. The molecule has 0 aliphatic carbocycles. The van der Waals surface area contributed by atoms with Crippen LogP contribution in [0.1, 0.15) is 18.4 Å². The van der Waals surface area contributed by atoms with Gasteiger partial charge in [-0.15, -0.1) is 0 Å². The first-order valence-corrected chi connectivity index (χ1v) is 7.57. The number of carbonyl (C=O) groups excluding carboxylic acids is 2. The highest BCUT2D eigenvalue weighted by Gasteiger charge is 2.18.